The summed E-state index contributed by atoms with van der Waals surface area (Å²) in [6, 6.07) is 0. The van der Waals surface area contributed by atoms with Crippen LogP contribution in [0.3, 0.4) is 0 Å². The lowest BCUT2D eigenvalue weighted by molar-refractivity contribution is 1.14. The molecule has 0 aliphatic carbocycles. The summed E-state index contributed by atoms with van der Waals surface area (Å²) in [7, 11) is 0. The zero-order valence-corrected chi connectivity index (χ0v) is 6.41. The standard InChI is InChI=1S/C8H11Cl/c1-4-6-8(5-2)7(3)9/h4,6H,1,3,5H2,2H3/b8-6-. The van der Waals surface area contributed by atoms with Crippen LogP contribution in [-0.2, 0) is 0 Å². The molecular formula is C8H11Cl. The zero-order chi connectivity index (χ0) is 7.28. The molecule has 0 aromatic heterocycles. The van der Waals surface area contributed by atoms with Gasteiger partial charge >= 0.3 is 0 Å². The minimum Gasteiger partial charge on any atom is -0.0991 e. The molecular weight excluding hydrogens is 132 g/mol. The third kappa shape index (κ3) is 3.15. The van der Waals surface area contributed by atoms with Crippen molar-refractivity contribution < 1.29 is 0 Å². The van der Waals surface area contributed by atoms with E-state index in [1.54, 1.807) is 6.08 Å². The second-order valence-corrected chi connectivity index (χ2v) is 2.14. The molecule has 0 amide bonds. The van der Waals surface area contributed by atoms with Crippen molar-refractivity contribution in [2.75, 3.05) is 0 Å². The molecule has 0 saturated heterocycles. The molecule has 0 saturated carbocycles. The van der Waals surface area contributed by atoms with Gasteiger partial charge in [-0.1, -0.05) is 43.8 Å². The highest BCUT2D eigenvalue weighted by atomic mass is 35.5. The van der Waals surface area contributed by atoms with Gasteiger partial charge in [-0.05, 0) is 12.0 Å². The van der Waals surface area contributed by atoms with Crippen LogP contribution >= 0.6 is 11.6 Å². The van der Waals surface area contributed by atoms with Gasteiger partial charge in [-0.2, -0.15) is 0 Å². The lowest BCUT2D eigenvalue weighted by atomic mass is 10.2. The fourth-order valence-corrected chi connectivity index (χ4v) is 0.739. The summed E-state index contributed by atoms with van der Waals surface area (Å²) in [5.41, 5.74) is 1.05. The molecule has 0 atom stereocenters. The van der Waals surface area contributed by atoms with Crippen LogP contribution in [0.1, 0.15) is 13.3 Å². The van der Waals surface area contributed by atoms with E-state index in [-0.39, 0.29) is 0 Å². The number of allylic oxidation sites excluding steroid dienone is 4. The van der Waals surface area contributed by atoms with Gasteiger partial charge in [0.2, 0.25) is 0 Å². The number of halogens is 1. The lowest BCUT2D eigenvalue weighted by Gasteiger charge is -1.96. The van der Waals surface area contributed by atoms with E-state index in [2.05, 4.69) is 13.2 Å². The number of hydrogen-bond acceptors (Lipinski definition) is 0. The lowest BCUT2D eigenvalue weighted by Crippen LogP contribution is -1.76. The van der Waals surface area contributed by atoms with E-state index in [0.29, 0.717) is 5.03 Å². The molecule has 0 rings (SSSR count). The SMILES string of the molecule is C=C/C=C(/CC)C(=C)Cl. The first kappa shape index (κ1) is 8.51. The number of rotatable bonds is 3. The highest BCUT2D eigenvalue weighted by Crippen LogP contribution is 2.14. The van der Waals surface area contributed by atoms with Crippen LogP contribution in [0.4, 0.5) is 0 Å². The third-order valence-corrected chi connectivity index (χ3v) is 1.29. The van der Waals surface area contributed by atoms with Crippen LogP contribution in [0.25, 0.3) is 0 Å². The summed E-state index contributed by atoms with van der Waals surface area (Å²) >= 11 is 5.61. The van der Waals surface area contributed by atoms with Gasteiger partial charge in [0, 0.05) is 5.03 Å². The van der Waals surface area contributed by atoms with Crippen molar-refractivity contribution in [2.24, 2.45) is 0 Å². The van der Waals surface area contributed by atoms with Crippen LogP contribution in [0.15, 0.2) is 35.9 Å². The smallest absolute Gasteiger partial charge is 0.0366 e. The number of hydrogen-bond donors (Lipinski definition) is 0. The Hall–Kier alpha value is -0.490. The van der Waals surface area contributed by atoms with Gasteiger partial charge in [0.1, 0.15) is 0 Å². The van der Waals surface area contributed by atoms with Gasteiger partial charge in [-0.3, -0.25) is 0 Å². The average molecular weight is 143 g/mol. The van der Waals surface area contributed by atoms with Crippen molar-refractivity contribution in [1.82, 2.24) is 0 Å². The maximum atomic E-state index is 5.61. The van der Waals surface area contributed by atoms with Gasteiger partial charge in [0.15, 0.2) is 0 Å². The zero-order valence-electron chi connectivity index (χ0n) is 5.65. The molecule has 0 heterocycles. The fraction of sp³-hybridized carbons (Fsp3) is 0.250. The largest absolute Gasteiger partial charge is 0.0991 e. The molecule has 0 N–H and O–H groups in total. The molecule has 0 bridgehead atoms. The van der Waals surface area contributed by atoms with Crippen molar-refractivity contribution in [1.29, 1.82) is 0 Å². The van der Waals surface area contributed by atoms with E-state index in [1.807, 2.05) is 13.0 Å². The Morgan fingerprint density at radius 1 is 1.67 bits per heavy atom. The molecule has 0 unspecified atom stereocenters. The van der Waals surface area contributed by atoms with Crippen molar-refractivity contribution in [3.8, 4) is 0 Å². The second kappa shape index (κ2) is 4.39. The van der Waals surface area contributed by atoms with Crippen LogP contribution in [0.5, 0.6) is 0 Å². The molecule has 9 heavy (non-hydrogen) atoms. The summed E-state index contributed by atoms with van der Waals surface area (Å²) in [6.07, 6.45) is 4.50. The molecule has 0 nitrogen and oxygen atoms in total. The molecule has 1 heteroatoms. The van der Waals surface area contributed by atoms with Gasteiger partial charge in [-0.15, -0.1) is 0 Å². The molecule has 0 radical (unpaired) electrons. The third-order valence-electron chi connectivity index (χ3n) is 1.05. The Bertz CT molecular complexity index is 143. The Morgan fingerprint density at radius 3 is 2.33 bits per heavy atom. The summed E-state index contributed by atoms with van der Waals surface area (Å²) in [5, 5.41) is 0.609. The quantitative estimate of drug-likeness (QED) is 0.531. The van der Waals surface area contributed by atoms with Crippen molar-refractivity contribution in [3.05, 3.63) is 35.9 Å². The van der Waals surface area contributed by atoms with Crippen LogP contribution < -0.4 is 0 Å². The predicted octanol–water partition coefficient (Wildman–Crippen LogP) is 3.26. The monoisotopic (exact) mass is 142 g/mol. The van der Waals surface area contributed by atoms with E-state index >= 15 is 0 Å². The summed E-state index contributed by atoms with van der Waals surface area (Å²) in [5.74, 6) is 0. The van der Waals surface area contributed by atoms with Crippen molar-refractivity contribution in [3.63, 3.8) is 0 Å². The van der Waals surface area contributed by atoms with E-state index in [0.717, 1.165) is 12.0 Å². The van der Waals surface area contributed by atoms with Crippen LogP contribution in [-0.4, -0.2) is 0 Å². The minimum atomic E-state index is 0.609. The normalized spacial score (nSPS) is 11.1. The fourth-order valence-electron chi connectivity index (χ4n) is 0.542. The van der Waals surface area contributed by atoms with Gasteiger partial charge in [0.25, 0.3) is 0 Å². The first-order valence-electron chi connectivity index (χ1n) is 2.88. The van der Waals surface area contributed by atoms with Crippen LogP contribution in [0.2, 0.25) is 0 Å². The summed E-state index contributed by atoms with van der Waals surface area (Å²) in [4.78, 5) is 0. The van der Waals surface area contributed by atoms with E-state index in [4.69, 9.17) is 11.6 Å². The van der Waals surface area contributed by atoms with E-state index in [9.17, 15) is 0 Å². The topological polar surface area (TPSA) is 0 Å². The first-order valence-corrected chi connectivity index (χ1v) is 3.26. The maximum absolute atomic E-state index is 5.61. The Balaban J connectivity index is 4.14. The Morgan fingerprint density at radius 2 is 2.22 bits per heavy atom. The summed E-state index contributed by atoms with van der Waals surface area (Å²) in [6.45, 7) is 9.18. The molecule has 0 aromatic carbocycles. The molecule has 0 fully saturated rings. The average Bonchev–Trinajstić information content (AvgIpc) is 1.82. The molecule has 0 spiro atoms. The van der Waals surface area contributed by atoms with Gasteiger partial charge < -0.3 is 0 Å². The minimum absolute atomic E-state index is 0.609. The Labute approximate surface area is 61.5 Å². The maximum Gasteiger partial charge on any atom is 0.0366 e. The van der Waals surface area contributed by atoms with Gasteiger partial charge in [-0.25, -0.2) is 0 Å². The van der Waals surface area contributed by atoms with Crippen LogP contribution in [0, 0.1) is 0 Å². The highest BCUT2D eigenvalue weighted by Gasteiger charge is 1.92. The summed E-state index contributed by atoms with van der Waals surface area (Å²) < 4.78 is 0. The van der Waals surface area contributed by atoms with Gasteiger partial charge in [0.05, 0.1) is 0 Å². The van der Waals surface area contributed by atoms with Crippen molar-refractivity contribution >= 4 is 11.6 Å². The molecule has 0 aliphatic rings. The highest BCUT2D eigenvalue weighted by molar-refractivity contribution is 6.31. The molecule has 50 valence electrons. The molecule has 0 aromatic rings. The molecule has 0 aliphatic heterocycles. The van der Waals surface area contributed by atoms with E-state index < -0.39 is 0 Å². The Kier molecular flexibility index (Phi) is 4.16. The second-order valence-electron chi connectivity index (χ2n) is 1.69. The van der Waals surface area contributed by atoms with Crippen molar-refractivity contribution in [2.45, 2.75) is 13.3 Å². The van der Waals surface area contributed by atoms with E-state index in [1.165, 1.54) is 0 Å². The predicted molar refractivity (Wildman–Crippen MR) is 43.6 cm³/mol. The first-order chi connectivity index (χ1) is 4.22.